The van der Waals surface area contributed by atoms with Crippen LogP contribution in [0.1, 0.15) is 103 Å². The van der Waals surface area contributed by atoms with Crippen molar-refractivity contribution < 1.29 is 0 Å². The van der Waals surface area contributed by atoms with Crippen molar-refractivity contribution in [2.24, 2.45) is 35.5 Å². The van der Waals surface area contributed by atoms with Crippen LogP contribution in [0.15, 0.2) is 0 Å². The van der Waals surface area contributed by atoms with Crippen molar-refractivity contribution in [1.82, 2.24) is 0 Å². The normalized spacial score (nSPS) is 63.2. The average Bonchev–Trinajstić information content (AvgIpc) is 3.36. The fraction of sp³-hybridized carbons (Fsp3) is 1.00. The van der Waals surface area contributed by atoms with Crippen LogP contribution in [0, 0.1) is 35.5 Å². The number of hydrogen-bond acceptors (Lipinski definition) is 0. The Morgan fingerprint density at radius 1 is 0.433 bits per heavy atom. The highest BCUT2D eigenvalue weighted by atomic mass is 31.1. The van der Waals surface area contributed by atoms with Crippen LogP contribution in [0.25, 0.3) is 0 Å². The van der Waals surface area contributed by atoms with Crippen molar-refractivity contribution in [3.8, 4) is 0 Å². The van der Waals surface area contributed by atoms with Crippen LogP contribution in [-0.4, -0.2) is 34.0 Å². The van der Waals surface area contributed by atoms with Gasteiger partial charge in [-0.1, -0.05) is 15.8 Å². The summed E-state index contributed by atoms with van der Waals surface area (Å²) in [6.07, 6.45) is 30.2. The summed E-state index contributed by atoms with van der Waals surface area (Å²) >= 11 is 0. The molecule has 0 spiro atoms. The van der Waals surface area contributed by atoms with E-state index in [0.717, 1.165) is 10.3 Å². The van der Waals surface area contributed by atoms with Gasteiger partial charge in [-0.2, -0.15) is 0 Å². The minimum absolute atomic E-state index is 0.355. The molecule has 0 nitrogen and oxygen atoms in total. The van der Waals surface area contributed by atoms with Crippen molar-refractivity contribution in [2.75, 3.05) is 12.3 Å². The third kappa shape index (κ3) is 2.71. The molecule has 8 saturated carbocycles. The Balaban J connectivity index is 1.10. The molecule has 8 aliphatic carbocycles. The van der Waals surface area contributed by atoms with Gasteiger partial charge < -0.3 is 0 Å². The molecular weight excluding hydrogens is 398 g/mol. The lowest BCUT2D eigenvalue weighted by molar-refractivity contribution is 0.0345. The van der Waals surface area contributed by atoms with Gasteiger partial charge in [-0.3, -0.25) is 0 Å². The molecule has 30 heavy (non-hydrogen) atoms. The zero-order chi connectivity index (χ0) is 19.5. The lowest BCUT2D eigenvalue weighted by atomic mass is 9.56. The molecule has 10 fully saturated rings. The molecule has 0 aromatic heterocycles. The van der Waals surface area contributed by atoms with Gasteiger partial charge >= 0.3 is 0 Å². The predicted octanol–water partition coefficient (Wildman–Crippen LogP) is 8.21. The first-order chi connectivity index (χ1) is 14.7. The largest absolute Gasteiger partial charge is 0.0965 e. The molecule has 2 aliphatic heterocycles. The van der Waals surface area contributed by atoms with Crippen molar-refractivity contribution in [3.05, 3.63) is 0 Å². The van der Waals surface area contributed by atoms with Gasteiger partial charge in [0.2, 0.25) is 0 Å². The van der Waals surface area contributed by atoms with Crippen molar-refractivity contribution >= 4 is 15.8 Å². The molecule has 2 saturated heterocycles. The number of hydrogen-bond donors (Lipinski definition) is 0. The van der Waals surface area contributed by atoms with Gasteiger partial charge in [-0.25, -0.2) is 0 Å². The van der Waals surface area contributed by atoms with E-state index in [2.05, 4.69) is 0 Å². The Morgan fingerprint density at radius 3 is 1.03 bits per heavy atom. The molecule has 8 bridgehead atoms. The molecule has 2 heterocycles. The van der Waals surface area contributed by atoms with Crippen molar-refractivity contribution in [1.29, 1.82) is 0 Å². The highest BCUT2D eigenvalue weighted by molar-refractivity contribution is 7.64. The topological polar surface area (TPSA) is 0 Å². The van der Waals surface area contributed by atoms with E-state index in [-0.39, 0.29) is 0 Å². The van der Waals surface area contributed by atoms with Gasteiger partial charge in [0.15, 0.2) is 0 Å². The third-order valence-corrected chi connectivity index (χ3v) is 20.5. The van der Waals surface area contributed by atoms with Gasteiger partial charge in [-0.15, -0.1) is 0 Å². The predicted molar refractivity (Wildman–Crippen MR) is 131 cm³/mol. The fourth-order valence-electron chi connectivity index (χ4n) is 12.4. The standard InChI is InChI=1S/C28H44P2/c1-3-25(29(5-1)27-13-19-7-20(14-27)9-21(8-19)15-27)26-4-2-6-30(26)28-16-22-10-23(17-28)12-24(11-22)18-28/h19-26H,1-18H2/t19?,20?,21?,22?,23?,24?,25-,26-,27?,28?,29-,30+/m1/s1. The molecular formula is C28H44P2. The second kappa shape index (κ2) is 6.71. The van der Waals surface area contributed by atoms with E-state index in [0.29, 0.717) is 15.8 Å². The van der Waals surface area contributed by atoms with E-state index in [1.807, 2.05) is 0 Å². The fourth-order valence-corrected chi connectivity index (χ4v) is 22.5. The first-order valence-corrected chi connectivity index (χ1v) is 17.4. The maximum atomic E-state index is 1.71. The van der Waals surface area contributed by atoms with E-state index in [1.165, 1.54) is 46.8 Å². The maximum absolute atomic E-state index is 1.71. The quantitative estimate of drug-likeness (QED) is 0.386. The molecule has 2 heteroatoms. The Hall–Kier alpha value is 0.860. The molecule has 0 amide bonds. The Kier molecular flexibility index (Phi) is 4.30. The van der Waals surface area contributed by atoms with Crippen molar-refractivity contribution in [3.63, 3.8) is 0 Å². The van der Waals surface area contributed by atoms with Crippen molar-refractivity contribution in [2.45, 2.75) is 124 Å². The van der Waals surface area contributed by atoms with Crippen LogP contribution in [-0.2, 0) is 0 Å². The lowest BCUT2D eigenvalue weighted by Crippen LogP contribution is -2.52. The highest BCUT2D eigenvalue weighted by Gasteiger charge is 2.60. The van der Waals surface area contributed by atoms with Gasteiger partial charge in [0.05, 0.1) is 0 Å². The molecule has 10 rings (SSSR count). The van der Waals surface area contributed by atoms with Crippen LogP contribution < -0.4 is 0 Å². The highest BCUT2D eigenvalue weighted by Crippen LogP contribution is 2.79. The third-order valence-electron chi connectivity index (χ3n) is 12.3. The zero-order valence-electron chi connectivity index (χ0n) is 19.2. The molecule has 10 aliphatic rings. The Morgan fingerprint density at radius 2 is 0.733 bits per heavy atom. The van der Waals surface area contributed by atoms with Crippen LogP contribution >= 0.6 is 15.8 Å². The average molecular weight is 443 g/mol. The lowest BCUT2D eigenvalue weighted by Gasteiger charge is -2.62. The second-order valence-corrected chi connectivity index (χ2v) is 20.1. The minimum atomic E-state index is 0.355. The monoisotopic (exact) mass is 442 g/mol. The van der Waals surface area contributed by atoms with E-state index in [1.54, 1.807) is 115 Å². The van der Waals surface area contributed by atoms with Crippen LogP contribution in [0.4, 0.5) is 0 Å². The van der Waals surface area contributed by atoms with Crippen LogP contribution in [0.2, 0.25) is 0 Å². The van der Waals surface area contributed by atoms with E-state index >= 15 is 0 Å². The van der Waals surface area contributed by atoms with E-state index in [9.17, 15) is 0 Å². The van der Waals surface area contributed by atoms with Gasteiger partial charge in [-0.05, 0) is 172 Å². The molecule has 0 aromatic carbocycles. The molecule has 4 atom stereocenters. The summed E-state index contributed by atoms with van der Waals surface area (Å²) < 4.78 is 0. The van der Waals surface area contributed by atoms with E-state index < -0.39 is 0 Å². The minimum Gasteiger partial charge on any atom is -0.0965 e. The first-order valence-electron chi connectivity index (χ1n) is 14.2. The summed E-state index contributed by atoms with van der Waals surface area (Å²) in [6, 6.07) is 0. The smallest absolute Gasteiger partial charge is 0.00838 e. The van der Waals surface area contributed by atoms with Gasteiger partial charge in [0.25, 0.3) is 0 Å². The number of rotatable bonds is 3. The maximum Gasteiger partial charge on any atom is -0.00838 e. The molecule has 0 radical (unpaired) electrons. The molecule has 0 N–H and O–H groups in total. The molecule has 166 valence electrons. The summed E-state index contributed by atoms with van der Waals surface area (Å²) in [5, 5.41) is 1.83. The Labute approximate surface area is 188 Å². The first kappa shape index (κ1) is 19.2. The summed E-state index contributed by atoms with van der Waals surface area (Å²) in [6.45, 7) is 0. The van der Waals surface area contributed by atoms with E-state index in [4.69, 9.17) is 0 Å². The summed E-state index contributed by atoms with van der Waals surface area (Å²) in [5.41, 5.74) is 2.50. The van der Waals surface area contributed by atoms with Crippen LogP contribution in [0.3, 0.4) is 0 Å². The molecule has 0 aromatic rings. The second-order valence-electron chi connectivity index (χ2n) is 14.1. The van der Waals surface area contributed by atoms with Gasteiger partial charge in [0, 0.05) is 0 Å². The Bertz CT molecular complexity index is 581. The summed E-state index contributed by atoms with van der Waals surface area (Å²) in [5.74, 6) is 7.05. The SMILES string of the molecule is C1C[C@H]([C@H]2CCC[P@]2C23CC4CC(CC(C4)C2)C3)[P@](C23CC4CC(CC(C4)C2)C3)C1. The van der Waals surface area contributed by atoms with Gasteiger partial charge in [0.1, 0.15) is 0 Å². The molecule has 0 unspecified atom stereocenters. The summed E-state index contributed by atoms with van der Waals surface area (Å²) in [7, 11) is 0.709. The van der Waals surface area contributed by atoms with Crippen LogP contribution in [0.5, 0.6) is 0 Å². The summed E-state index contributed by atoms with van der Waals surface area (Å²) in [4.78, 5) is 0. The zero-order valence-corrected chi connectivity index (χ0v) is 21.0.